The molecule has 0 amide bonds. The summed E-state index contributed by atoms with van der Waals surface area (Å²) in [5.41, 5.74) is 7.24. The van der Waals surface area contributed by atoms with E-state index in [1.165, 1.54) is 5.56 Å². The molecule has 0 aliphatic rings. The van der Waals surface area contributed by atoms with Crippen LogP contribution in [0, 0.1) is 0 Å². The summed E-state index contributed by atoms with van der Waals surface area (Å²) in [5.74, 6) is 0. The number of nitrogens with two attached hydrogens (primary N) is 1. The van der Waals surface area contributed by atoms with Gasteiger partial charge in [-0.2, -0.15) is 0 Å². The van der Waals surface area contributed by atoms with Crippen LogP contribution in [0.25, 0.3) is 0 Å². The number of anilines is 1. The van der Waals surface area contributed by atoms with Gasteiger partial charge in [-0.05, 0) is 51.4 Å². The highest BCUT2D eigenvalue weighted by Crippen LogP contribution is 2.10. The average molecular weight is 236 g/mol. The van der Waals surface area contributed by atoms with Crippen LogP contribution in [-0.2, 0) is 6.42 Å². The van der Waals surface area contributed by atoms with E-state index >= 15 is 0 Å². The van der Waals surface area contributed by atoms with Crippen molar-refractivity contribution in [3.05, 3.63) is 29.8 Å². The van der Waals surface area contributed by atoms with E-state index in [9.17, 15) is 5.11 Å². The molecule has 0 saturated heterocycles. The van der Waals surface area contributed by atoms with Crippen LogP contribution < -0.4 is 5.73 Å². The van der Waals surface area contributed by atoms with Crippen LogP contribution in [0.4, 0.5) is 5.69 Å². The quantitative estimate of drug-likeness (QED) is 0.742. The van der Waals surface area contributed by atoms with Crippen molar-refractivity contribution in [3.63, 3.8) is 0 Å². The predicted octanol–water partition coefficient (Wildman–Crippen LogP) is 1.90. The van der Waals surface area contributed by atoms with Crippen molar-refractivity contribution in [2.45, 2.75) is 32.3 Å². The molecule has 96 valence electrons. The van der Waals surface area contributed by atoms with Crippen molar-refractivity contribution in [2.24, 2.45) is 0 Å². The fourth-order valence-corrected chi connectivity index (χ4v) is 1.64. The zero-order chi connectivity index (χ0) is 12.9. The maximum absolute atomic E-state index is 9.64. The molecule has 3 nitrogen and oxygen atoms in total. The first kappa shape index (κ1) is 14.0. The van der Waals surface area contributed by atoms with Gasteiger partial charge in [0.1, 0.15) is 0 Å². The van der Waals surface area contributed by atoms with Gasteiger partial charge in [0.2, 0.25) is 0 Å². The van der Waals surface area contributed by atoms with Gasteiger partial charge in [-0.1, -0.05) is 12.1 Å². The molecular formula is C14H24N2O. The van der Waals surface area contributed by atoms with Crippen molar-refractivity contribution in [1.82, 2.24) is 4.90 Å². The van der Waals surface area contributed by atoms with E-state index in [0.29, 0.717) is 0 Å². The second-order valence-electron chi connectivity index (χ2n) is 5.36. The van der Waals surface area contributed by atoms with Gasteiger partial charge >= 0.3 is 0 Å². The number of hydrogen-bond donors (Lipinski definition) is 2. The first-order valence-electron chi connectivity index (χ1n) is 6.12. The molecule has 1 rings (SSSR count). The number of aliphatic hydroxyl groups is 1. The monoisotopic (exact) mass is 236 g/mol. The molecule has 0 spiro atoms. The normalized spacial score (nSPS) is 12.1. The molecule has 0 radical (unpaired) electrons. The lowest BCUT2D eigenvalue weighted by Crippen LogP contribution is -2.29. The highest BCUT2D eigenvalue weighted by atomic mass is 16.3. The first-order valence-corrected chi connectivity index (χ1v) is 6.12. The second kappa shape index (κ2) is 6.03. The molecule has 1 aromatic carbocycles. The van der Waals surface area contributed by atoms with Gasteiger partial charge in [0.05, 0.1) is 5.60 Å². The first-order chi connectivity index (χ1) is 7.87. The van der Waals surface area contributed by atoms with E-state index in [2.05, 4.69) is 18.0 Å². The third-order valence-corrected chi connectivity index (χ3v) is 2.84. The van der Waals surface area contributed by atoms with Crippen molar-refractivity contribution in [3.8, 4) is 0 Å². The van der Waals surface area contributed by atoms with Crippen molar-refractivity contribution in [1.29, 1.82) is 0 Å². The molecular weight excluding hydrogens is 212 g/mol. The Hall–Kier alpha value is -1.06. The second-order valence-corrected chi connectivity index (χ2v) is 5.36. The third-order valence-electron chi connectivity index (χ3n) is 2.84. The molecule has 0 atom stereocenters. The molecule has 0 aromatic heterocycles. The zero-order valence-corrected chi connectivity index (χ0v) is 11.1. The third kappa shape index (κ3) is 6.29. The Labute approximate surface area is 104 Å². The molecule has 1 aromatic rings. The van der Waals surface area contributed by atoms with Gasteiger partial charge in [0, 0.05) is 18.8 Å². The number of nitrogens with zero attached hydrogens (tertiary/aromatic N) is 1. The lowest BCUT2D eigenvalue weighted by atomic mass is 10.1. The van der Waals surface area contributed by atoms with Crippen LogP contribution in [0.1, 0.15) is 25.8 Å². The summed E-state index contributed by atoms with van der Waals surface area (Å²) in [6.07, 6.45) is 1.79. The summed E-state index contributed by atoms with van der Waals surface area (Å²) in [4.78, 5) is 2.24. The van der Waals surface area contributed by atoms with Crippen LogP contribution in [0.15, 0.2) is 24.3 Å². The fourth-order valence-electron chi connectivity index (χ4n) is 1.64. The highest BCUT2D eigenvalue weighted by Gasteiger charge is 2.13. The predicted molar refractivity (Wildman–Crippen MR) is 73.0 cm³/mol. The van der Waals surface area contributed by atoms with E-state index in [1.54, 1.807) is 0 Å². The lowest BCUT2D eigenvalue weighted by molar-refractivity contribution is 0.0609. The van der Waals surface area contributed by atoms with E-state index in [-0.39, 0.29) is 0 Å². The molecule has 3 heteroatoms. The summed E-state index contributed by atoms with van der Waals surface area (Å²) < 4.78 is 0. The van der Waals surface area contributed by atoms with E-state index in [1.807, 2.05) is 32.0 Å². The molecule has 0 bridgehead atoms. The van der Waals surface area contributed by atoms with Crippen LogP contribution in [0.3, 0.4) is 0 Å². The molecule has 0 aliphatic carbocycles. The SMILES string of the molecule is CN(CCc1cccc(N)c1)CCC(C)(C)O. The Balaban J connectivity index is 2.31. The smallest absolute Gasteiger partial charge is 0.0603 e. The average Bonchev–Trinajstić information content (AvgIpc) is 2.23. The molecule has 3 N–H and O–H groups in total. The summed E-state index contributed by atoms with van der Waals surface area (Å²) in [6.45, 7) is 5.59. The van der Waals surface area contributed by atoms with Gasteiger partial charge < -0.3 is 15.7 Å². The summed E-state index contributed by atoms with van der Waals surface area (Å²) >= 11 is 0. The number of likely N-dealkylation sites (N-methyl/N-ethyl adjacent to an activating group) is 1. The molecule has 0 fully saturated rings. The Kier molecular flexibility index (Phi) is 4.97. The van der Waals surface area contributed by atoms with Gasteiger partial charge in [0.25, 0.3) is 0 Å². The Morgan fingerprint density at radius 1 is 1.29 bits per heavy atom. The van der Waals surface area contributed by atoms with Crippen LogP contribution >= 0.6 is 0 Å². The topological polar surface area (TPSA) is 49.5 Å². The minimum Gasteiger partial charge on any atom is -0.399 e. The molecule has 0 heterocycles. The van der Waals surface area contributed by atoms with E-state index in [4.69, 9.17) is 5.73 Å². The van der Waals surface area contributed by atoms with E-state index < -0.39 is 5.60 Å². The standard InChI is InChI=1S/C14H24N2O/c1-14(2,17)8-10-16(3)9-7-12-5-4-6-13(15)11-12/h4-6,11,17H,7-10,15H2,1-3H3. The summed E-state index contributed by atoms with van der Waals surface area (Å²) in [6, 6.07) is 8.01. The van der Waals surface area contributed by atoms with Crippen molar-refractivity contribution >= 4 is 5.69 Å². The Morgan fingerprint density at radius 2 is 2.00 bits per heavy atom. The van der Waals surface area contributed by atoms with Crippen molar-refractivity contribution < 1.29 is 5.11 Å². The van der Waals surface area contributed by atoms with Crippen LogP contribution in [0.5, 0.6) is 0 Å². The molecule has 0 unspecified atom stereocenters. The van der Waals surface area contributed by atoms with Gasteiger partial charge in [0.15, 0.2) is 0 Å². The van der Waals surface area contributed by atoms with Crippen LogP contribution in [-0.4, -0.2) is 35.7 Å². The molecule has 0 saturated carbocycles. The van der Waals surface area contributed by atoms with Crippen LogP contribution in [0.2, 0.25) is 0 Å². The minimum absolute atomic E-state index is 0.578. The molecule has 0 aliphatic heterocycles. The fraction of sp³-hybridized carbons (Fsp3) is 0.571. The maximum Gasteiger partial charge on any atom is 0.0603 e. The number of hydrogen-bond acceptors (Lipinski definition) is 3. The summed E-state index contributed by atoms with van der Waals surface area (Å²) in [5, 5.41) is 9.64. The molecule has 17 heavy (non-hydrogen) atoms. The minimum atomic E-state index is -0.578. The van der Waals surface area contributed by atoms with Gasteiger partial charge in [-0.25, -0.2) is 0 Å². The number of benzene rings is 1. The zero-order valence-electron chi connectivity index (χ0n) is 11.1. The highest BCUT2D eigenvalue weighted by molar-refractivity contribution is 5.40. The Morgan fingerprint density at radius 3 is 2.59 bits per heavy atom. The Bertz CT molecular complexity index is 344. The van der Waals surface area contributed by atoms with E-state index in [0.717, 1.165) is 31.6 Å². The van der Waals surface area contributed by atoms with Crippen molar-refractivity contribution in [2.75, 3.05) is 25.9 Å². The summed E-state index contributed by atoms with van der Waals surface area (Å²) in [7, 11) is 2.08. The van der Waals surface area contributed by atoms with Gasteiger partial charge in [-0.15, -0.1) is 0 Å². The maximum atomic E-state index is 9.64. The number of rotatable bonds is 6. The van der Waals surface area contributed by atoms with Gasteiger partial charge in [-0.3, -0.25) is 0 Å². The lowest BCUT2D eigenvalue weighted by Gasteiger charge is -2.22. The number of nitrogen functional groups attached to an aromatic ring is 1. The largest absolute Gasteiger partial charge is 0.399 e.